The molecule has 0 aliphatic heterocycles. The SMILES string of the molecule is COCCN(C)C(=O)c1cc(F)c(N)c(F)c1. The molecule has 0 radical (unpaired) electrons. The van der Waals surface area contributed by atoms with Crippen LogP contribution in [0.2, 0.25) is 0 Å². The lowest BCUT2D eigenvalue weighted by molar-refractivity contribution is 0.0743. The molecule has 0 saturated heterocycles. The van der Waals surface area contributed by atoms with E-state index in [9.17, 15) is 13.6 Å². The number of likely N-dealkylation sites (N-methyl/N-ethyl adjacent to an activating group) is 1. The molecule has 0 aliphatic rings. The molecule has 17 heavy (non-hydrogen) atoms. The number of amides is 1. The third-order valence-electron chi connectivity index (χ3n) is 2.30. The van der Waals surface area contributed by atoms with E-state index in [1.54, 1.807) is 0 Å². The Labute approximate surface area is 98.0 Å². The minimum Gasteiger partial charge on any atom is -0.394 e. The van der Waals surface area contributed by atoms with Crippen molar-refractivity contribution in [3.8, 4) is 0 Å². The minimum atomic E-state index is -0.937. The highest BCUT2D eigenvalue weighted by Gasteiger charge is 2.16. The van der Waals surface area contributed by atoms with E-state index in [1.165, 1.54) is 19.1 Å². The van der Waals surface area contributed by atoms with Crippen molar-refractivity contribution in [3.63, 3.8) is 0 Å². The lowest BCUT2D eigenvalue weighted by atomic mass is 10.1. The summed E-state index contributed by atoms with van der Waals surface area (Å²) in [7, 11) is 3.02. The van der Waals surface area contributed by atoms with E-state index >= 15 is 0 Å². The van der Waals surface area contributed by atoms with Gasteiger partial charge in [0, 0.05) is 26.3 Å². The molecule has 1 rings (SSSR count). The summed E-state index contributed by atoms with van der Waals surface area (Å²) in [6, 6.07) is 1.84. The van der Waals surface area contributed by atoms with E-state index in [1.807, 2.05) is 0 Å². The maximum atomic E-state index is 13.2. The molecule has 94 valence electrons. The summed E-state index contributed by atoms with van der Waals surface area (Å²) in [6.07, 6.45) is 0. The van der Waals surface area contributed by atoms with Gasteiger partial charge in [0.25, 0.3) is 5.91 Å². The highest BCUT2D eigenvalue weighted by atomic mass is 19.1. The van der Waals surface area contributed by atoms with Crippen LogP contribution in [0.15, 0.2) is 12.1 Å². The molecule has 0 aliphatic carbocycles. The van der Waals surface area contributed by atoms with Crippen molar-refractivity contribution in [2.24, 2.45) is 0 Å². The van der Waals surface area contributed by atoms with Crippen LogP contribution in [0.5, 0.6) is 0 Å². The number of methoxy groups -OCH3 is 1. The van der Waals surface area contributed by atoms with Gasteiger partial charge in [-0.2, -0.15) is 0 Å². The van der Waals surface area contributed by atoms with Crippen LogP contribution in [0.4, 0.5) is 14.5 Å². The molecule has 0 atom stereocenters. The van der Waals surface area contributed by atoms with E-state index < -0.39 is 23.2 Å². The summed E-state index contributed by atoms with van der Waals surface area (Å²) in [6.45, 7) is 0.686. The molecule has 1 amide bonds. The number of nitrogens with zero attached hydrogens (tertiary/aromatic N) is 1. The first kappa shape index (κ1) is 13.4. The van der Waals surface area contributed by atoms with Gasteiger partial charge in [-0.1, -0.05) is 0 Å². The number of halogens is 2. The second-order valence-electron chi connectivity index (χ2n) is 3.57. The Morgan fingerprint density at radius 1 is 1.41 bits per heavy atom. The molecule has 6 heteroatoms. The number of hydrogen-bond acceptors (Lipinski definition) is 3. The molecule has 0 spiro atoms. The number of rotatable bonds is 4. The van der Waals surface area contributed by atoms with E-state index in [0.717, 1.165) is 12.1 Å². The number of benzene rings is 1. The van der Waals surface area contributed by atoms with Crippen molar-refractivity contribution in [1.29, 1.82) is 0 Å². The fourth-order valence-electron chi connectivity index (χ4n) is 1.26. The van der Waals surface area contributed by atoms with Crippen molar-refractivity contribution in [2.45, 2.75) is 0 Å². The molecule has 0 bridgehead atoms. The van der Waals surface area contributed by atoms with Crippen LogP contribution < -0.4 is 5.73 Å². The Morgan fingerprint density at radius 3 is 2.41 bits per heavy atom. The van der Waals surface area contributed by atoms with Gasteiger partial charge in [-0.05, 0) is 12.1 Å². The maximum absolute atomic E-state index is 13.2. The molecule has 0 unspecified atom stereocenters. The van der Waals surface area contributed by atoms with E-state index in [0.29, 0.717) is 13.2 Å². The number of nitrogen functional groups attached to an aromatic ring is 1. The summed E-state index contributed by atoms with van der Waals surface area (Å²) in [5.41, 5.74) is 4.45. The first-order valence-corrected chi connectivity index (χ1v) is 4.96. The smallest absolute Gasteiger partial charge is 0.253 e. The molecule has 1 aromatic rings. The number of hydrogen-bond donors (Lipinski definition) is 1. The van der Waals surface area contributed by atoms with Crippen molar-refractivity contribution < 1.29 is 18.3 Å². The number of ether oxygens (including phenoxy) is 1. The summed E-state index contributed by atoms with van der Waals surface area (Å²) < 4.78 is 31.1. The largest absolute Gasteiger partial charge is 0.394 e. The normalized spacial score (nSPS) is 10.4. The topological polar surface area (TPSA) is 55.6 Å². The van der Waals surface area contributed by atoms with Gasteiger partial charge in [0.2, 0.25) is 0 Å². The molecule has 0 heterocycles. The summed E-state index contributed by atoms with van der Waals surface area (Å²) >= 11 is 0. The number of carbonyl (C=O) groups is 1. The molecule has 0 saturated carbocycles. The second kappa shape index (κ2) is 5.58. The average molecular weight is 244 g/mol. The van der Waals surface area contributed by atoms with Crippen LogP contribution in [0.1, 0.15) is 10.4 Å². The number of carbonyl (C=O) groups excluding carboxylic acids is 1. The zero-order chi connectivity index (χ0) is 13.0. The van der Waals surface area contributed by atoms with E-state index in [2.05, 4.69) is 0 Å². The van der Waals surface area contributed by atoms with Crippen LogP contribution >= 0.6 is 0 Å². The molecule has 4 nitrogen and oxygen atoms in total. The average Bonchev–Trinajstić information content (AvgIpc) is 2.31. The van der Waals surface area contributed by atoms with Gasteiger partial charge in [0.05, 0.1) is 6.61 Å². The van der Waals surface area contributed by atoms with Crippen LogP contribution in [0.25, 0.3) is 0 Å². The van der Waals surface area contributed by atoms with Crippen molar-refractivity contribution in [1.82, 2.24) is 4.90 Å². The minimum absolute atomic E-state index is 0.0761. The van der Waals surface area contributed by atoms with Gasteiger partial charge < -0.3 is 15.4 Å². The Hall–Kier alpha value is -1.69. The Balaban J connectivity index is 2.89. The van der Waals surface area contributed by atoms with Crippen molar-refractivity contribution >= 4 is 11.6 Å². The van der Waals surface area contributed by atoms with Gasteiger partial charge in [-0.25, -0.2) is 8.78 Å². The highest BCUT2D eigenvalue weighted by molar-refractivity contribution is 5.94. The van der Waals surface area contributed by atoms with Gasteiger partial charge in [-0.15, -0.1) is 0 Å². The number of anilines is 1. The van der Waals surface area contributed by atoms with Crippen LogP contribution in [0.3, 0.4) is 0 Å². The fraction of sp³-hybridized carbons (Fsp3) is 0.364. The molecule has 2 N–H and O–H groups in total. The lowest BCUT2D eigenvalue weighted by Gasteiger charge is -2.16. The Bertz CT molecular complexity index is 401. The summed E-state index contributed by atoms with van der Waals surface area (Å²) in [5, 5.41) is 0. The lowest BCUT2D eigenvalue weighted by Crippen LogP contribution is -2.30. The molecule has 0 fully saturated rings. The number of nitrogens with two attached hydrogens (primary N) is 1. The predicted molar refractivity (Wildman–Crippen MR) is 59.6 cm³/mol. The Kier molecular flexibility index (Phi) is 4.39. The van der Waals surface area contributed by atoms with Crippen LogP contribution in [-0.2, 0) is 4.74 Å². The maximum Gasteiger partial charge on any atom is 0.253 e. The molecular weight excluding hydrogens is 230 g/mol. The van der Waals surface area contributed by atoms with Crippen LogP contribution in [0, 0.1) is 11.6 Å². The van der Waals surface area contributed by atoms with Crippen molar-refractivity contribution in [3.05, 3.63) is 29.3 Å². The highest BCUT2D eigenvalue weighted by Crippen LogP contribution is 2.18. The third kappa shape index (κ3) is 3.13. The monoisotopic (exact) mass is 244 g/mol. The summed E-state index contributed by atoms with van der Waals surface area (Å²) in [5.74, 6) is -2.36. The van der Waals surface area contributed by atoms with Gasteiger partial charge >= 0.3 is 0 Å². The van der Waals surface area contributed by atoms with Gasteiger partial charge in [-0.3, -0.25) is 4.79 Å². The molecule has 0 aromatic heterocycles. The Morgan fingerprint density at radius 2 is 1.94 bits per heavy atom. The van der Waals surface area contributed by atoms with Crippen molar-refractivity contribution in [2.75, 3.05) is 33.0 Å². The second-order valence-corrected chi connectivity index (χ2v) is 3.57. The molecule has 1 aromatic carbocycles. The fourth-order valence-corrected chi connectivity index (χ4v) is 1.26. The quantitative estimate of drug-likeness (QED) is 0.811. The van der Waals surface area contributed by atoms with Crippen LogP contribution in [-0.4, -0.2) is 38.1 Å². The zero-order valence-corrected chi connectivity index (χ0v) is 9.67. The standard InChI is InChI=1S/C11H14F2N2O2/c1-15(3-4-17-2)11(16)7-5-8(12)10(14)9(13)6-7/h5-6H,3-4,14H2,1-2H3. The van der Waals surface area contributed by atoms with Gasteiger partial charge in [0.1, 0.15) is 17.3 Å². The predicted octanol–water partition coefficient (Wildman–Crippen LogP) is 1.27. The van der Waals surface area contributed by atoms with E-state index in [4.69, 9.17) is 10.5 Å². The molecular formula is C11H14F2N2O2. The van der Waals surface area contributed by atoms with E-state index in [-0.39, 0.29) is 5.56 Å². The zero-order valence-electron chi connectivity index (χ0n) is 9.67. The third-order valence-corrected chi connectivity index (χ3v) is 2.30. The van der Waals surface area contributed by atoms with Gasteiger partial charge in [0.15, 0.2) is 0 Å². The first-order chi connectivity index (χ1) is 7.97. The summed E-state index contributed by atoms with van der Waals surface area (Å²) in [4.78, 5) is 13.1. The first-order valence-electron chi connectivity index (χ1n) is 4.96.